The minimum Gasteiger partial charge on any atom is -0.323 e. The van der Waals surface area contributed by atoms with Gasteiger partial charge in [-0.25, -0.2) is 0 Å². The van der Waals surface area contributed by atoms with Gasteiger partial charge in [0.2, 0.25) is 5.91 Å². The molecule has 24 heavy (non-hydrogen) atoms. The number of thioether (sulfide) groups is 1. The molecule has 0 spiro atoms. The third-order valence-electron chi connectivity index (χ3n) is 4.25. The van der Waals surface area contributed by atoms with Gasteiger partial charge in [-0.05, 0) is 19.1 Å². The summed E-state index contributed by atoms with van der Waals surface area (Å²) in [5.74, 6) is 2.78. The Morgan fingerprint density at radius 3 is 3.00 bits per heavy atom. The molecule has 1 aliphatic rings. The molecule has 0 radical (unpaired) electrons. The van der Waals surface area contributed by atoms with Gasteiger partial charge in [0.25, 0.3) is 0 Å². The lowest BCUT2D eigenvalue weighted by Crippen LogP contribution is -2.32. The number of carbonyl (C=O) groups is 1. The molecular weight excluding hydrogens is 324 g/mol. The Morgan fingerprint density at radius 1 is 1.38 bits per heavy atom. The number of fused-ring (bicyclic) bond motifs is 1. The fourth-order valence-electron chi connectivity index (χ4n) is 2.87. The second-order valence-electron chi connectivity index (χ2n) is 6.84. The first-order valence-corrected chi connectivity index (χ1v) is 9.63. The number of nitrogens with zero attached hydrogens (tertiary/aromatic N) is 5. The van der Waals surface area contributed by atoms with Crippen molar-refractivity contribution in [3.8, 4) is 0 Å². The zero-order chi connectivity index (χ0) is 17.2. The lowest BCUT2D eigenvalue weighted by molar-refractivity contribution is -0.122. The number of anilines is 1. The Morgan fingerprint density at radius 2 is 2.21 bits per heavy atom. The van der Waals surface area contributed by atoms with Crippen molar-refractivity contribution in [3.05, 3.63) is 24.0 Å². The van der Waals surface area contributed by atoms with Crippen molar-refractivity contribution < 1.29 is 4.79 Å². The maximum absolute atomic E-state index is 12.4. The molecule has 0 atom stereocenters. The molecule has 0 fully saturated rings. The molecule has 0 aliphatic carbocycles. The van der Waals surface area contributed by atoms with Crippen molar-refractivity contribution >= 4 is 23.4 Å². The maximum Gasteiger partial charge on any atom is 0.230 e. The van der Waals surface area contributed by atoms with Gasteiger partial charge in [0.1, 0.15) is 12.4 Å². The van der Waals surface area contributed by atoms with E-state index in [9.17, 15) is 4.79 Å². The van der Waals surface area contributed by atoms with Crippen LogP contribution >= 0.6 is 11.8 Å². The molecule has 0 bridgehead atoms. The number of nitrogens with one attached hydrogen (secondary N) is 1. The van der Waals surface area contributed by atoms with E-state index >= 15 is 0 Å². The summed E-state index contributed by atoms with van der Waals surface area (Å²) in [6.45, 7) is 5.44. The van der Waals surface area contributed by atoms with Gasteiger partial charge in [-0.15, -0.1) is 10.2 Å². The van der Waals surface area contributed by atoms with Crippen LogP contribution in [-0.2, 0) is 24.3 Å². The van der Waals surface area contributed by atoms with Gasteiger partial charge in [0.15, 0.2) is 5.82 Å². The first kappa shape index (κ1) is 17.0. The third kappa shape index (κ3) is 3.63. The molecular formula is C16H24N6OS. The topological polar surface area (TPSA) is 77.6 Å². The number of aryl methyl sites for hydroxylation is 1. The standard InChI is InChI=1S/C16H24N6OS/c1-16(2,11-24-3)15(23)18-12-8-17-21(9-12)10-14-20-19-13-6-4-5-7-22(13)14/h8-9H,4-7,10-11H2,1-3H3,(H,18,23). The molecule has 0 saturated carbocycles. The normalized spacial score (nSPS) is 14.5. The zero-order valence-corrected chi connectivity index (χ0v) is 15.3. The fraction of sp³-hybridized carbons (Fsp3) is 0.625. The highest BCUT2D eigenvalue weighted by atomic mass is 32.2. The summed E-state index contributed by atoms with van der Waals surface area (Å²) in [6.07, 6.45) is 8.88. The molecule has 3 heterocycles. The second-order valence-corrected chi connectivity index (χ2v) is 7.70. The van der Waals surface area contributed by atoms with Crippen LogP contribution in [-0.4, -0.2) is 42.5 Å². The summed E-state index contributed by atoms with van der Waals surface area (Å²) in [5, 5.41) is 15.8. The average Bonchev–Trinajstić information content (AvgIpc) is 3.15. The van der Waals surface area contributed by atoms with E-state index in [-0.39, 0.29) is 5.91 Å². The Bertz CT molecular complexity index is 720. The van der Waals surface area contributed by atoms with Crippen LogP contribution in [0.15, 0.2) is 12.4 Å². The number of carbonyl (C=O) groups excluding carboxylic acids is 1. The van der Waals surface area contributed by atoms with Gasteiger partial charge >= 0.3 is 0 Å². The highest BCUT2D eigenvalue weighted by Crippen LogP contribution is 2.23. The number of amides is 1. The third-order valence-corrected chi connectivity index (χ3v) is 5.26. The largest absolute Gasteiger partial charge is 0.323 e. The van der Waals surface area contributed by atoms with E-state index in [2.05, 4.69) is 25.2 Å². The van der Waals surface area contributed by atoms with Crippen LogP contribution < -0.4 is 5.32 Å². The van der Waals surface area contributed by atoms with Crippen molar-refractivity contribution in [2.75, 3.05) is 17.3 Å². The van der Waals surface area contributed by atoms with Crippen LogP contribution in [0, 0.1) is 5.41 Å². The molecule has 0 saturated heterocycles. The smallest absolute Gasteiger partial charge is 0.230 e. The number of rotatable bonds is 6. The molecule has 0 aromatic carbocycles. The molecule has 3 rings (SSSR count). The minimum atomic E-state index is -0.409. The van der Waals surface area contributed by atoms with E-state index in [1.165, 1.54) is 12.8 Å². The van der Waals surface area contributed by atoms with E-state index in [1.807, 2.05) is 26.3 Å². The molecule has 0 unspecified atom stereocenters. The monoisotopic (exact) mass is 348 g/mol. The number of hydrogen-bond donors (Lipinski definition) is 1. The lowest BCUT2D eigenvalue weighted by atomic mass is 9.95. The molecule has 7 nitrogen and oxygen atoms in total. The van der Waals surface area contributed by atoms with Crippen LogP contribution in [0.5, 0.6) is 0 Å². The SMILES string of the molecule is CSCC(C)(C)C(=O)Nc1cnn(Cc2nnc3n2CCCC3)c1. The van der Waals surface area contributed by atoms with Crippen molar-refractivity contribution in [3.63, 3.8) is 0 Å². The first-order valence-electron chi connectivity index (χ1n) is 8.23. The molecule has 8 heteroatoms. The summed E-state index contributed by atoms with van der Waals surface area (Å²) >= 11 is 1.67. The van der Waals surface area contributed by atoms with Gasteiger partial charge < -0.3 is 9.88 Å². The molecule has 2 aromatic heterocycles. The van der Waals surface area contributed by atoms with Crippen LogP contribution in [0.3, 0.4) is 0 Å². The number of hydrogen-bond acceptors (Lipinski definition) is 5. The van der Waals surface area contributed by atoms with E-state index < -0.39 is 5.41 Å². The zero-order valence-electron chi connectivity index (χ0n) is 14.4. The van der Waals surface area contributed by atoms with E-state index in [0.717, 1.165) is 30.4 Å². The first-order chi connectivity index (χ1) is 11.5. The molecule has 130 valence electrons. The second kappa shape index (κ2) is 6.96. The van der Waals surface area contributed by atoms with Crippen molar-refractivity contribution in [1.82, 2.24) is 24.5 Å². The predicted octanol–water partition coefficient (Wildman–Crippen LogP) is 2.19. The molecule has 2 aromatic rings. The molecule has 1 aliphatic heterocycles. The molecule has 1 amide bonds. The Balaban J connectivity index is 1.66. The molecule has 1 N–H and O–H groups in total. The van der Waals surface area contributed by atoms with Crippen molar-refractivity contribution in [2.45, 2.75) is 46.2 Å². The summed E-state index contributed by atoms with van der Waals surface area (Å²) in [6, 6.07) is 0. The predicted molar refractivity (Wildman–Crippen MR) is 95.1 cm³/mol. The van der Waals surface area contributed by atoms with E-state index in [0.29, 0.717) is 12.2 Å². The van der Waals surface area contributed by atoms with Gasteiger partial charge in [-0.1, -0.05) is 13.8 Å². The summed E-state index contributed by atoms with van der Waals surface area (Å²) in [4.78, 5) is 12.4. The minimum absolute atomic E-state index is 0.0104. The van der Waals surface area contributed by atoms with Crippen LogP contribution in [0.4, 0.5) is 5.69 Å². The van der Waals surface area contributed by atoms with Crippen molar-refractivity contribution in [1.29, 1.82) is 0 Å². The van der Waals surface area contributed by atoms with Crippen LogP contribution in [0.2, 0.25) is 0 Å². The highest BCUT2D eigenvalue weighted by Gasteiger charge is 2.27. The Labute approximate surface area is 146 Å². The summed E-state index contributed by atoms with van der Waals surface area (Å²) < 4.78 is 3.98. The summed E-state index contributed by atoms with van der Waals surface area (Å²) in [5.41, 5.74) is 0.306. The van der Waals surface area contributed by atoms with Gasteiger partial charge in [0.05, 0.1) is 17.3 Å². The number of aromatic nitrogens is 5. The quantitative estimate of drug-likeness (QED) is 0.866. The average molecular weight is 348 g/mol. The van der Waals surface area contributed by atoms with Crippen LogP contribution in [0.1, 0.15) is 38.3 Å². The van der Waals surface area contributed by atoms with Crippen molar-refractivity contribution in [2.24, 2.45) is 5.41 Å². The Kier molecular flexibility index (Phi) is 4.93. The fourth-order valence-corrected chi connectivity index (χ4v) is 3.72. The maximum atomic E-state index is 12.4. The summed E-state index contributed by atoms with van der Waals surface area (Å²) in [7, 11) is 0. The van der Waals surface area contributed by atoms with Crippen LogP contribution in [0.25, 0.3) is 0 Å². The van der Waals surface area contributed by atoms with E-state index in [1.54, 1.807) is 22.6 Å². The van der Waals surface area contributed by atoms with Gasteiger partial charge in [0, 0.05) is 24.9 Å². The Hall–Kier alpha value is -1.83. The van der Waals surface area contributed by atoms with Gasteiger partial charge in [-0.3, -0.25) is 9.48 Å². The van der Waals surface area contributed by atoms with Gasteiger partial charge in [-0.2, -0.15) is 16.9 Å². The lowest BCUT2D eigenvalue weighted by Gasteiger charge is -2.21. The highest BCUT2D eigenvalue weighted by molar-refractivity contribution is 7.98. The van der Waals surface area contributed by atoms with E-state index in [4.69, 9.17) is 0 Å².